The van der Waals surface area contributed by atoms with E-state index in [0.29, 0.717) is 34.7 Å². The van der Waals surface area contributed by atoms with Crippen molar-refractivity contribution in [3.05, 3.63) is 46.4 Å². The lowest BCUT2D eigenvalue weighted by molar-refractivity contribution is -0.115. The van der Waals surface area contributed by atoms with Crippen molar-refractivity contribution in [3.8, 4) is 11.5 Å². The van der Waals surface area contributed by atoms with Crippen molar-refractivity contribution in [2.45, 2.75) is 23.5 Å². The molecule has 25 heavy (non-hydrogen) atoms. The highest BCUT2D eigenvalue weighted by atomic mass is 35.5. The number of benzene rings is 2. The van der Waals surface area contributed by atoms with Gasteiger partial charge in [0, 0.05) is 11.3 Å². The normalized spacial score (nSPS) is 14.5. The molecule has 0 bridgehead atoms. The molecule has 7 heteroatoms. The standard InChI is InChI=1S/C18H17Cl2NO3S/c1-11(18(22)21-17-13(19)4-2-5-14(17)20)25-12-6-7-15-16(10-12)24-9-3-8-23-15/h2,4-7,10-11H,3,8-9H2,1H3,(H,21,22)/t11-/m0/s1. The first-order valence-corrected chi connectivity index (χ1v) is 9.49. The molecule has 4 nitrogen and oxygen atoms in total. The maximum atomic E-state index is 12.5. The number of amides is 1. The van der Waals surface area contributed by atoms with E-state index in [1.54, 1.807) is 18.2 Å². The van der Waals surface area contributed by atoms with Crippen molar-refractivity contribution in [1.82, 2.24) is 0 Å². The molecule has 2 aromatic carbocycles. The van der Waals surface area contributed by atoms with Gasteiger partial charge in [0.15, 0.2) is 11.5 Å². The molecule has 1 atom stereocenters. The first-order chi connectivity index (χ1) is 12.0. The number of thioether (sulfide) groups is 1. The summed E-state index contributed by atoms with van der Waals surface area (Å²) in [6, 6.07) is 10.8. The molecule has 0 saturated carbocycles. The van der Waals surface area contributed by atoms with Gasteiger partial charge in [-0.3, -0.25) is 4.79 Å². The van der Waals surface area contributed by atoms with Gasteiger partial charge >= 0.3 is 0 Å². The lowest BCUT2D eigenvalue weighted by Crippen LogP contribution is -2.22. The fourth-order valence-electron chi connectivity index (χ4n) is 2.32. The van der Waals surface area contributed by atoms with E-state index in [-0.39, 0.29) is 11.2 Å². The van der Waals surface area contributed by atoms with Gasteiger partial charge in [-0.05, 0) is 37.3 Å². The van der Waals surface area contributed by atoms with Crippen LogP contribution in [0.3, 0.4) is 0 Å². The Hall–Kier alpha value is -1.56. The summed E-state index contributed by atoms with van der Waals surface area (Å²) >= 11 is 13.6. The molecule has 1 aliphatic heterocycles. The van der Waals surface area contributed by atoms with Crippen molar-refractivity contribution in [3.63, 3.8) is 0 Å². The van der Waals surface area contributed by atoms with Crippen LogP contribution in [0, 0.1) is 0 Å². The van der Waals surface area contributed by atoms with Gasteiger partial charge in [0.05, 0.1) is 34.2 Å². The molecule has 0 spiro atoms. The highest BCUT2D eigenvalue weighted by molar-refractivity contribution is 8.00. The molecule has 0 fully saturated rings. The van der Waals surface area contributed by atoms with Crippen LogP contribution in [0.2, 0.25) is 10.0 Å². The summed E-state index contributed by atoms with van der Waals surface area (Å²) in [5.74, 6) is 1.28. The molecule has 132 valence electrons. The third-order valence-electron chi connectivity index (χ3n) is 3.61. The maximum absolute atomic E-state index is 12.5. The number of carbonyl (C=O) groups excluding carboxylic acids is 1. The topological polar surface area (TPSA) is 47.6 Å². The van der Waals surface area contributed by atoms with Gasteiger partial charge in [-0.1, -0.05) is 29.3 Å². The summed E-state index contributed by atoms with van der Waals surface area (Å²) in [7, 11) is 0. The molecular formula is C18H17Cl2NO3S. The van der Waals surface area contributed by atoms with Crippen LogP contribution in [0.5, 0.6) is 11.5 Å². The molecule has 1 aliphatic rings. The summed E-state index contributed by atoms with van der Waals surface area (Å²) in [5, 5.41) is 3.28. The second-order valence-electron chi connectivity index (χ2n) is 5.51. The number of hydrogen-bond donors (Lipinski definition) is 1. The SMILES string of the molecule is C[C@H](Sc1ccc2c(c1)OCCCO2)C(=O)Nc1c(Cl)cccc1Cl. The average Bonchev–Trinajstić information content (AvgIpc) is 2.83. The predicted molar refractivity (Wildman–Crippen MR) is 102 cm³/mol. The van der Waals surface area contributed by atoms with Crippen LogP contribution < -0.4 is 14.8 Å². The number of halogens is 2. The third kappa shape index (κ3) is 4.54. The molecule has 1 heterocycles. The van der Waals surface area contributed by atoms with E-state index in [1.165, 1.54) is 11.8 Å². The largest absolute Gasteiger partial charge is 0.490 e. The molecular weight excluding hydrogens is 381 g/mol. The van der Waals surface area contributed by atoms with Gasteiger partial charge in [-0.15, -0.1) is 11.8 Å². The molecule has 3 rings (SSSR count). The highest BCUT2D eigenvalue weighted by Gasteiger charge is 2.19. The number of carbonyl (C=O) groups is 1. The second kappa shape index (κ2) is 8.21. The van der Waals surface area contributed by atoms with Crippen molar-refractivity contribution in [2.24, 2.45) is 0 Å². The molecule has 0 radical (unpaired) electrons. The molecule has 2 aromatic rings. The highest BCUT2D eigenvalue weighted by Crippen LogP contribution is 2.36. The van der Waals surface area contributed by atoms with Crippen LogP contribution in [0.1, 0.15) is 13.3 Å². The Bertz CT molecular complexity index is 765. The Morgan fingerprint density at radius 3 is 2.52 bits per heavy atom. The van der Waals surface area contributed by atoms with E-state index in [0.717, 1.165) is 17.1 Å². The molecule has 0 aliphatic carbocycles. The number of para-hydroxylation sites is 1. The maximum Gasteiger partial charge on any atom is 0.237 e. The zero-order valence-electron chi connectivity index (χ0n) is 13.6. The molecule has 0 saturated heterocycles. The number of anilines is 1. The lowest BCUT2D eigenvalue weighted by atomic mass is 10.3. The number of nitrogens with one attached hydrogen (secondary N) is 1. The van der Waals surface area contributed by atoms with Crippen LogP contribution in [-0.4, -0.2) is 24.4 Å². The average molecular weight is 398 g/mol. The van der Waals surface area contributed by atoms with Gasteiger partial charge in [0.2, 0.25) is 5.91 Å². The second-order valence-corrected chi connectivity index (χ2v) is 7.73. The van der Waals surface area contributed by atoms with Crippen molar-refractivity contribution >= 4 is 46.6 Å². The Balaban J connectivity index is 1.68. The zero-order valence-corrected chi connectivity index (χ0v) is 15.9. The molecule has 0 unspecified atom stereocenters. The summed E-state index contributed by atoms with van der Waals surface area (Å²) in [6.07, 6.45) is 0.856. The van der Waals surface area contributed by atoms with Crippen LogP contribution in [-0.2, 0) is 4.79 Å². The van der Waals surface area contributed by atoms with E-state index >= 15 is 0 Å². The summed E-state index contributed by atoms with van der Waals surface area (Å²) in [4.78, 5) is 13.4. The summed E-state index contributed by atoms with van der Waals surface area (Å²) in [6.45, 7) is 3.10. The van der Waals surface area contributed by atoms with Gasteiger partial charge in [-0.25, -0.2) is 0 Å². The van der Waals surface area contributed by atoms with E-state index < -0.39 is 0 Å². The smallest absolute Gasteiger partial charge is 0.237 e. The fourth-order valence-corrected chi connectivity index (χ4v) is 3.70. The number of rotatable bonds is 4. The van der Waals surface area contributed by atoms with Crippen LogP contribution in [0.4, 0.5) is 5.69 Å². The van der Waals surface area contributed by atoms with Gasteiger partial charge in [0.1, 0.15) is 0 Å². The fraction of sp³-hybridized carbons (Fsp3) is 0.278. The summed E-state index contributed by atoms with van der Waals surface area (Å²) < 4.78 is 11.3. The quantitative estimate of drug-likeness (QED) is 0.713. The lowest BCUT2D eigenvalue weighted by Gasteiger charge is -2.15. The monoisotopic (exact) mass is 397 g/mol. The molecule has 1 N–H and O–H groups in total. The summed E-state index contributed by atoms with van der Waals surface area (Å²) in [5.41, 5.74) is 0.432. The first-order valence-electron chi connectivity index (χ1n) is 7.86. The van der Waals surface area contributed by atoms with Gasteiger partial charge in [-0.2, -0.15) is 0 Å². The van der Waals surface area contributed by atoms with E-state index in [4.69, 9.17) is 32.7 Å². The first kappa shape index (κ1) is 18.2. The van der Waals surface area contributed by atoms with Crippen LogP contribution in [0.15, 0.2) is 41.3 Å². The minimum atomic E-state index is -0.336. The van der Waals surface area contributed by atoms with Crippen molar-refractivity contribution in [1.29, 1.82) is 0 Å². The van der Waals surface area contributed by atoms with Crippen LogP contribution in [0.25, 0.3) is 0 Å². The Morgan fingerprint density at radius 2 is 1.80 bits per heavy atom. The molecule has 0 aromatic heterocycles. The van der Waals surface area contributed by atoms with E-state index in [1.807, 2.05) is 25.1 Å². The van der Waals surface area contributed by atoms with E-state index in [2.05, 4.69) is 5.32 Å². The van der Waals surface area contributed by atoms with Crippen LogP contribution >= 0.6 is 35.0 Å². The number of hydrogen-bond acceptors (Lipinski definition) is 4. The van der Waals surface area contributed by atoms with Gasteiger partial charge in [0.25, 0.3) is 0 Å². The Morgan fingerprint density at radius 1 is 1.12 bits per heavy atom. The minimum absolute atomic E-state index is 0.174. The predicted octanol–water partition coefficient (Wildman–Crippen LogP) is 5.27. The van der Waals surface area contributed by atoms with Crippen molar-refractivity contribution < 1.29 is 14.3 Å². The third-order valence-corrected chi connectivity index (χ3v) is 5.34. The minimum Gasteiger partial charge on any atom is -0.490 e. The Labute approximate surface area is 160 Å². The van der Waals surface area contributed by atoms with E-state index in [9.17, 15) is 4.79 Å². The molecule has 1 amide bonds. The van der Waals surface area contributed by atoms with Crippen molar-refractivity contribution in [2.75, 3.05) is 18.5 Å². The number of ether oxygens (including phenoxy) is 2. The zero-order chi connectivity index (χ0) is 17.8. The number of fused-ring (bicyclic) bond motifs is 1. The van der Waals surface area contributed by atoms with Gasteiger partial charge < -0.3 is 14.8 Å². The Kier molecular flexibility index (Phi) is 5.99.